The molecular formula is C38H61NO3. The first-order valence-corrected chi connectivity index (χ1v) is 17.7. The Morgan fingerprint density at radius 1 is 1.07 bits per heavy atom. The van der Waals surface area contributed by atoms with Crippen LogP contribution >= 0.6 is 0 Å². The molecular weight excluding hydrogens is 518 g/mol. The van der Waals surface area contributed by atoms with Crippen molar-refractivity contribution >= 4 is 0 Å². The summed E-state index contributed by atoms with van der Waals surface area (Å²) in [4.78, 5) is 0. The van der Waals surface area contributed by atoms with E-state index in [0.717, 1.165) is 26.1 Å². The molecule has 0 aromatic carbocycles. The van der Waals surface area contributed by atoms with Gasteiger partial charge in [-0.1, -0.05) is 67.0 Å². The predicted octanol–water partition coefficient (Wildman–Crippen LogP) is 8.32. The molecule has 4 bridgehead atoms. The molecule has 4 saturated carbocycles. The Bertz CT molecular complexity index is 1180. The lowest BCUT2D eigenvalue weighted by molar-refractivity contribution is -0.192. The second-order valence-electron chi connectivity index (χ2n) is 17.7. The minimum absolute atomic E-state index is 0.00226. The van der Waals surface area contributed by atoms with E-state index in [4.69, 9.17) is 14.2 Å². The van der Waals surface area contributed by atoms with Crippen molar-refractivity contribution in [3.8, 4) is 0 Å². The predicted molar refractivity (Wildman–Crippen MR) is 170 cm³/mol. The molecule has 4 nitrogen and oxygen atoms in total. The zero-order valence-corrected chi connectivity index (χ0v) is 28.6. The Balaban J connectivity index is 1.24. The summed E-state index contributed by atoms with van der Waals surface area (Å²) in [6, 6.07) is 0. The van der Waals surface area contributed by atoms with E-state index >= 15 is 0 Å². The summed E-state index contributed by atoms with van der Waals surface area (Å²) in [7, 11) is 2.09. The van der Waals surface area contributed by atoms with Crippen molar-refractivity contribution in [2.75, 3.05) is 20.3 Å². The molecule has 3 spiro atoms. The Labute approximate surface area is 257 Å². The van der Waals surface area contributed by atoms with Crippen LogP contribution < -0.4 is 5.32 Å². The lowest BCUT2D eigenvalue weighted by Gasteiger charge is -2.67. The number of hydrogen-bond donors (Lipinski definition) is 1. The topological polar surface area (TPSA) is 39.7 Å². The van der Waals surface area contributed by atoms with E-state index < -0.39 is 0 Å². The van der Waals surface area contributed by atoms with Gasteiger partial charge in [0.25, 0.3) is 0 Å². The summed E-state index contributed by atoms with van der Waals surface area (Å²) in [5.74, 6) is 3.62. The maximum atomic E-state index is 7.18. The second kappa shape index (κ2) is 9.12. The normalized spacial score (nSPS) is 52.2. The maximum Gasteiger partial charge on any atom is 0.112 e. The molecule has 8 rings (SSSR count). The minimum atomic E-state index is -0.0132. The van der Waals surface area contributed by atoms with Crippen LogP contribution in [0.2, 0.25) is 0 Å². The fraction of sp³-hybridized carbons (Fsp3) is 0.895. The summed E-state index contributed by atoms with van der Waals surface area (Å²) >= 11 is 0. The van der Waals surface area contributed by atoms with Gasteiger partial charge in [0.05, 0.1) is 31.2 Å². The van der Waals surface area contributed by atoms with Crippen LogP contribution in [0.1, 0.15) is 114 Å². The van der Waals surface area contributed by atoms with Crippen LogP contribution in [0, 0.1) is 57.2 Å². The van der Waals surface area contributed by atoms with Crippen LogP contribution in [0.25, 0.3) is 0 Å². The molecule has 4 heteroatoms. The largest absolute Gasteiger partial charge is 0.495 e. The highest BCUT2D eigenvalue weighted by molar-refractivity contribution is 5.48. The van der Waals surface area contributed by atoms with Gasteiger partial charge in [-0.25, -0.2) is 0 Å². The third kappa shape index (κ3) is 3.31. The third-order valence-corrected chi connectivity index (χ3v) is 16.3. The number of allylic oxidation sites excluding steroid dienone is 2. The van der Waals surface area contributed by atoms with E-state index in [-0.39, 0.29) is 44.5 Å². The zero-order chi connectivity index (χ0) is 30.1. The lowest BCUT2D eigenvalue weighted by atomic mass is 9.39. The molecule has 6 fully saturated rings. The number of fused-ring (bicyclic) bond motifs is 6. The van der Waals surface area contributed by atoms with Crippen molar-refractivity contribution in [1.29, 1.82) is 0 Å². The fourth-order valence-corrected chi connectivity index (χ4v) is 12.5. The number of hydrogen-bond acceptors (Lipinski definition) is 4. The minimum Gasteiger partial charge on any atom is -0.495 e. The molecule has 3 aliphatic heterocycles. The molecule has 42 heavy (non-hydrogen) atoms. The van der Waals surface area contributed by atoms with E-state index in [2.05, 4.69) is 93.1 Å². The van der Waals surface area contributed by atoms with Crippen LogP contribution in [0.4, 0.5) is 0 Å². The van der Waals surface area contributed by atoms with E-state index in [1.807, 2.05) is 5.57 Å². The van der Waals surface area contributed by atoms with Crippen molar-refractivity contribution in [2.24, 2.45) is 57.2 Å². The third-order valence-electron chi connectivity index (χ3n) is 16.3. The van der Waals surface area contributed by atoms with Crippen LogP contribution in [0.5, 0.6) is 0 Å². The average Bonchev–Trinajstić information content (AvgIpc) is 3.56. The standard InChI is InChI=1S/C38H61NO3/c1-24(2)26(5)36-18-17-33(8)28-11-12-30-32(7)22-42-37(16-14-31(32)40-23-34(9,39-10)25(3)4)27(6)38(30,37)29(28)13-15-35(33,21-36)19-20-41-36/h13,19-20,24-28,30-31,39H,11-12,14-18,21-23H2,1-10H3/t26-,27?,28?,30?,31?,32+,33?,34+,35-,36-,37?,38?/m1/s1. The second-order valence-corrected chi connectivity index (χ2v) is 17.7. The first-order chi connectivity index (χ1) is 19.7. The molecule has 3 heterocycles. The van der Waals surface area contributed by atoms with E-state index in [1.165, 1.54) is 38.5 Å². The molecule has 0 radical (unpaired) electrons. The Kier molecular flexibility index (Phi) is 6.48. The SMILES string of the molecule is CN[C@@](C)(COC1CCC23OC[C@@]1(C)C1CCC4C(=CC[C@]56C=CO[C@]([C@H](C)C(C)C)(CCC45C)C6)C12C3C)C(C)C. The quantitative estimate of drug-likeness (QED) is 0.308. The highest BCUT2D eigenvalue weighted by atomic mass is 16.5. The van der Waals surface area contributed by atoms with Crippen LogP contribution in [0.15, 0.2) is 24.0 Å². The van der Waals surface area contributed by atoms with Crippen molar-refractivity contribution in [3.05, 3.63) is 24.0 Å². The summed E-state index contributed by atoms with van der Waals surface area (Å²) < 4.78 is 20.8. The summed E-state index contributed by atoms with van der Waals surface area (Å²) in [5, 5.41) is 3.59. The Morgan fingerprint density at radius 3 is 2.52 bits per heavy atom. The van der Waals surface area contributed by atoms with Gasteiger partial charge in [-0.15, -0.1) is 0 Å². The van der Waals surface area contributed by atoms with Gasteiger partial charge in [0.15, 0.2) is 0 Å². The molecule has 7 unspecified atom stereocenters. The van der Waals surface area contributed by atoms with Gasteiger partial charge in [-0.3, -0.25) is 0 Å². The van der Waals surface area contributed by atoms with E-state index in [9.17, 15) is 0 Å². The molecule has 1 N–H and O–H groups in total. The summed E-state index contributed by atoms with van der Waals surface area (Å²) in [6.07, 6.45) is 17.5. The number of ether oxygens (including phenoxy) is 3. The molecule has 8 aliphatic rings. The number of rotatable bonds is 7. The van der Waals surface area contributed by atoms with E-state index in [0.29, 0.717) is 35.5 Å². The molecule has 0 aromatic heterocycles. The average molecular weight is 580 g/mol. The van der Waals surface area contributed by atoms with Gasteiger partial charge in [0, 0.05) is 21.8 Å². The van der Waals surface area contributed by atoms with Gasteiger partial charge in [-0.2, -0.15) is 0 Å². The van der Waals surface area contributed by atoms with E-state index in [1.54, 1.807) is 0 Å². The molecule has 5 aliphatic carbocycles. The van der Waals surface area contributed by atoms with Crippen molar-refractivity contribution < 1.29 is 14.2 Å². The Hall–Kier alpha value is -0.840. The van der Waals surface area contributed by atoms with Gasteiger partial charge in [0.1, 0.15) is 5.60 Å². The number of nitrogens with one attached hydrogen (secondary N) is 1. The van der Waals surface area contributed by atoms with Crippen molar-refractivity contribution in [2.45, 2.75) is 137 Å². The van der Waals surface area contributed by atoms with Gasteiger partial charge in [0.2, 0.25) is 0 Å². The first kappa shape index (κ1) is 29.8. The molecule has 0 aromatic rings. The summed E-state index contributed by atoms with van der Waals surface area (Å²) in [5.41, 5.74) is 2.58. The van der Waals surface area contributed by atoms with Crippen LogP contribution in [-0.4, -0.2) is 43.1 Å². The fourth-order valence-electron chi connectivity index (χ4n) is 12.5. The zero-order valence-electron chi connectivity index (χ0n) is 28.6. The number of likely N-dealkylation sites (N-methyl/N-ethyl adjacent to an activating group) is 1. The maximum absolute atomic E-state index is 7.18. The summed E-state index contributed by atoms with van der Waals surface area (Å²) in [6.45, 7) is 23.6. The van der Waals surface area contributed by atoms with Crippen LogP contribution in [-0.2, 0) is 14.2 Å². The lowest BCUT2D eigenvalue weighted by Crippen LogP contribution is -2.63. The molecule has 2 saturated heterocycles. The smallest absolute Gasteiger partial charge is 0.112 e. The Morgan fingerprint density at radius 2 is 1.83 bits per heavy atom. The highest BCUT2D eigenvalue weighted by Gasteiger charge is 2.87. The van der Waals surface area contributed by atoms with Crippen molar-refractivity contribution in [1.82, 2.24) is 5.32 Å². The van der Waals surface area contributed by atoms with Crippen molar-refractivity contribution in [3.63, 3.8) is 0 Å². The molecule has 12 atom stereocenters. The monoisotopic (exact) mass is 579 g/mol. The van der Waals surface area contributed by atoms with Crippen LogP contribution in [0.3, 0.4) is 0 Å². The highest BCUT2D eigenvalue weighted by Crippen LogP contribution is 2.86. The first-order valence-electron chi connectivity index (χ1n) is 17.7. The van der Waals surface area contributed by atoms with Gasteiger partial charge < -0.3 is 19.5 Å². The van der Waals surface area contributed by atoms with Gasteiger partial charge in [-0.05, 0) is 112 Å². The molecule has 236 valence electrons. The van der Waals surface area contributed by atoms with Gasteiger partial charge >= 0.3 is 0 Å². The molecule has 0 amide bonds.